The molecule has 0 fully saturated rings. The molecule has 3 aromatic rings. The van der Waals surface area contributed by atoms with Gasteiger partial charge < -0.3 is 9.64 Å². The quantitative estimate of drug-likeness (QED) is 0.342. The van der Waals surface area contributed by atoms with E-state index in [0.29, 0.717) is 11.5 Å². The number of thiophene rings is 1. The van der Waals surface area contributed by atoms with Gasteiger partial charge in [0.05, 0.1) is 23.2 Å². The molecule has 34 heavy (non-hydrogen) atoms. The highest BCUT2D eigenvalue weighted by Crippen LogP contribution is 2.22. The van der Waals surface area contributed by atoms with E-state index >= 15 is 0 Å². The average Bonchev–Trinajstić information content (AvgIpc) is 3.37. The van der Waals surface area contributed by atoms with Crippen LogP contribution in [0.4, 0.5) is 5.69 Å². The molecule has 10 nitrogen and oxygen atoms in total. The van der Waals surface area contributed by atoms with E-state index in [-0.39, 0.29) is 28.0 Å². The Morgan fingerprint density at radius 1 is 1.15 bits per heavy atom. The normalized spacial score (nSPS) is 11.6. The number of carbonyl (C=O) groups is 2. The molecule has 0 aliphatic carbocycles. The largest absolute Gasteiger partial charge is 0.484 e. The van der Waals surface area contributed by atoms with Crippen LogP contribution in [-0.4, -0.2) is 56.5 Å². The van der Waals surface area contributed by atoms with Gasteiger partial charge in [-0.1, -0.05) is 6.07 Å². The maximum absolute atomic E-state index is 12.7. The standard InChI is InChI=1S/C22H23N5O5S2/c1-15(16-6-8-17(9-7-16)32-14-20(28)27(2)3)24-25-22(29)18-10-11-23-13-19(18)26-34(30,31)21-5-4-12-33-21/h4-13,26H,14H2,1-3H3,(H,25,29). The first kappa shape index (κ1) is 24.9. The number of nitrogens with zero attached hydrogens (tertiary/aromatic N) is 3. The molecule has 1 aromatic carbocycles. The molecule has 0 aliphatic heterocycles. The van der Waals surface area contributed by atoms with Crippen LogP contribution in [0.2, 0.25) is 0 Å². The van der Waals surface area contributed by atoms with E-state index in [9.17, 15) is 18.0 Å². The van der Waals surface area contributed by atoms with Crippen LogP contribution in [0.25, 0.3) is 0 Å². The average molecular weight is 502 g/mol. The van der Waals surface area contributed by atoms with Gasteiger partial charge in [-0.2, -0.15) is 5.10 Å². The van der Waals surface area contributed by atoms with E-state index < -0.39 is 15.9 Å². The lowest BCUT2D eigenvalue weighted by atomic mass is 10.1. The molecule has 0 radical (unpaired) electrons. The second kappa shape index (κ2) is 10.9. The van der Waals surface area contributed by atoms with Crippen LogP contribution in [0.15, 0.2) is 69.5 Å². The molecule has 3 rings (SSSR count). The van der Waals surface area contributed by atoms with Gasteiger partial charge in [-0.15, -0.1) is 11.3 Å². The lowest BCUT2D eigenvalue weighted by Gasteiger charge is -2.12. The number of likely N-dealkylation sites (N-methyl/N-ethyl adjacent to an activating group) is 1. The topological polar surface area (TPSA) is 130 Å². The minimum absolute atomic E-state index is 0.0371. The van der Waals surface area contributed by atoms with Crippen molar-refractivity contribution < 1.29 is 22.7 Å². The summed E-state index contributed by atoms with van der Waals surface area (Å²) in [5.41, 5.74) is 3.78. The first-order chi connectivity index (χ1) is 16.2. The summed E-state index contributed by atoms with van der Waals surface area (Å²) in [6.45, 7) is 1.64. The number of amides is 2. The molecule has 2 N–H and O–H groups in total. The van der Waals surface area contributed by atoms with Crippen molar-refractivity contribution in [3.05, 3.63) is 71.4 Å². The van der Waals surface area contributed by atoms with Crippen LogP contribution in [0, 0.1) is 0 Å². The maximum atomic E-state index is 12.7. The first-order valence-corrected chi connectivity index (χ1v) is 12.3. The number of carbonyl (C=O) groups excluding carboxylic acids is 2. The molecule has 0 saturated heterocycles. The lowest BCUT2D eigenvalue weighted by molar-refractivity contribution is -0.130. The molecule has 0 saturated carbocycles. The number of ether oxygens (including phenoxy) is 1. The van der Waals surface area contributed by atoms with Gasteiger partial charge in [0.1, 0.15) is 9.96 Å². The van der Waals surface area contributed by atoms with E-state index in [4.69, 9.17) is 4.74 Å². The molecule has 0 aliphatic rings. The minimum Gasteiger partial charge on any atom is -0.484 e. The molecular weight excluding hydrogens is 478 g/mol. The Hall–Kier alpha value is -3.77. The molecule has 2 aromatic heterocycles. The smallest absolute Gasteiger partial charge is 0.273 e. The number of benzene rings is 1. The zero-order chi connectivity index (χ0) is 24.7. The summed E-state index contributed by atoms with van der Waals surface area (Å²) in [5.74, 6) is -0.235. The predicted molar refractivity (Wildman–Crippen MR) is 130 cm³/mol. The van der Waals surface area contributed by atoms with Gasteiger partial charge in [0.25, 0.3) is 21.8 Å². The van der Waals surface area contributed by atoms with Gasteiger partial charge in [0.2, 0.25) is 0 Å². The first-order valence-electron chi connectivity index (χ1n) is 9.96. The van der Waals surface area contributed by atoms with Gasteiger partial charge >= 0.3 is 0 Å². The van der Waals surface area contributed by atoms with Crippen LogP contribution in [0.1, 0.15) is 22.8 Å². The number of nitrogens with one attached hydrogen (secondary N) is 2. The number of pyridine rings is 1. The van der Waals surface area contributed by atoms with Crippen LogP contribution < -0.4 is 14.9 Å². The lowest BCUT2D eigenvalue weighted by Crippen LogP contribution is -2.27. The molecule has 0 unspecified atom stereocenters. The fraction of sp³-hybridized carbons (Fsp3) is 0.182. The monoisotopic (exact) mass is 501 g/mol. The van der Waals surface area contributed by atoms with Crippen molar-refractivity contribution >= 4 is 44.6 Å². The number of anilines is 1. The van der Waals surface area contributed by atoms with Gasteiger partial charge in [0.15, 0.2) is 6.61 Å². The molecule has 178 valence electrons. The summed E-state index contributed by atoms with van der Waals surface area (Å²) in [5, 5.41) is 5.75. The van der Waals surface area contributed by atoms with Crippen molar-refractivity contribution in [1.29, 1.82) is 0 Å². The Bertz CT molecular complexity index is 1290. The summed E-state index contributed by atoms with van der Waals surface area (Å²) in [7, 11) is -0.544. The fourth-order valence-electron chi connectivity index (χ4n) is 2.61. The second-order valence-corrected chi connectivity index (χ2v) is 10.1. The summed E-state index contributed by atoms with van der Waals surface area (Å²) < 4.78 is 33.0. The predicted octanol–water partition coefficient (Wildman–Crippen LogP) is 2.56. The Kier molecular flexibility index (Phi) is 7.97. The molecule has 0 bridgehead atoms. The number of sulfonamides is 1. The van der Waals surface area contributed by atoms with Crippen molar-refractivity contribution in [3.8, 4) is 5.75 Å². The Morgan fingerprint density at radius 3 is 2.53 bits per heavy atom. The van der Waals surface area contributed by atoms with Crippen molar-refractivity contribution in [1.82, 2.24) is 15.3 Å². The zero-order valence-corrected chi connectivity index (χ0v) is 20.3. The SMILES string of the molecule is CC(=NNC(=O)c1ccncc1NS(=O)(=O)c1cccs1)c1ccc(OCC(=O)N(C)C)cc1. The highest BCUT2D eigenvalue weighted by Gasteiger charge is 2.19. The Morgan fingerprint density at radius 2 is 1.88 bits per heavy atom. The highest BCUT2D eigenvalue weighted by molar-refractivity contribution is 7.94. The van der Waals surface area contributed by atoms with E-state index in [1.54, 1.807) is 56.7 Å². The molecular formula is C22H23N5O5S2. The van der Waals surface area contributed by atoms with Crippen LogP contribution >= 0.6 is 11.3 Å². The summed E-state index contributed by atoms with van der Waals surface area (Å²) in [6.07, 6.45) is 2.64. The maximum Gasteiger partial charge on any atom is 0.273 e. The van der Waals surface area contributed by atoms with Crippen LogP contribution in [-0.2, 0) is 14.8 Å². The zero-order valence-electron chi connectivity index (χ0n) is 18.7. The third-order valence-corrected chi connectivity index (χ3v) is 7.29. The van der Waals surface area contributed by atoms with Gasteiger partial charge in [-0.3, -0.25) is 19.3 Å². The van der Waals surface area contributed by atoms with E-state index in [1.807, 2.05) is 0 Å². The highest BCUT2D eigenvalue weighted by atomic mass is 32.2. The molecule has 2 heterocycles. The van der Waals surface area contributed by atoms with Crippen LogP contribution in [0.3, 0.4) is 0 Å². The number of hydrazone groups is 1. The third kappa shape index (κ3) is 6.39. The summed E-state index contributed by atoms with van der Waals surface area (Å²) >= 11 is 1.06. The Labute approximate surface area is 201 Å². The number of hydrogen-bond acceptors (Lipinski definition) is 8. The van der Waals surface area contributed by atoms with E-state index in [0.717, 1.165) is 16.9 Å². The van der Waals surface area contributed by atoms with Gasteiger partial charge in [-0.05, 0) is 54.3 Å². The number of rotatable bonds is 9. The van der Waals surface area contributed by atoms with Gasteiger partial charge in [0, 0.05) is 20.3 Å². The minimum atomic E-state index is -3.84. The van der Waals surface area contributed by atoms with E-state index in [2.05, 4.69) is 20.2 Å². The summed E-state index contributed by atoms with van der Waals surface area (Å²) in [6, 6.07) is 11.4. The molecule has 0 spiro atoms. The van der Waals surface area contributed by atoms with Crippen molar-refractivity contribution in [3.63, 3.8) is 0 Å². The fourth-order valence-corrected chi connectivity index (χ4v) is 4.67. The van der Waals surface area contributed by atoms with Crippen molar-refractivity contribution in [2.75, 3.05) is 25.4 Å². The van der Waals surface area contributed by atoms with Crippen molar-refractivity contribution in [2.45, 2.75) is 11.1 Å². The Balaban J connectivity index is 1.67. The van der Waals surface area contributed by atoms with Gasteiger partial charge in [-0.25, -0.2) is 13.8 Å². The van der Waals surface area contributed by atoms with Crippen LogP contribution in [0.5, 0.6) is 5.75 Å². The molecule has 12 heteroatoms. The molecule has 0 atom stereocenters. The third-order valence-electron chi connectivity index (χ3n) is 4.53. The van der Waals surface area contributed by atoms with E-state index in [1.165, 1.54) is 29.4 Å². The summed E-state index contributed by atoms with van der Waals surface area (Å²) in [4.78, 5) is 29.7. The molecule has 2 amide bonds. The second-order valence-electron chi connectivity index (χ2n) is 7.20. The number of aromatic nitrogens is 1. The van der Waals surface area contributed by atoms with Crippen molar-refractivity contribution in [2.24, 2.45) is 5.10 Å². The number of hydrogen-bond donors (Lipinski definition) is 2.